The number of ether oxygens (including phenoxy) is 1. The lowest BCUT2D eigenvalue weighted by Gasteiger charge is -2.19. The number of carbonyl (C=O) groups excluding carboxylic acids is 1. The van der Waals surface area contributed by atoms with Crippen molar-refractivity contribution in [2.45, 2.75) is 24.3 Å². The van der Waals surface area contributed by atoms with E-state index in [4.69, 9.17) is 4.74 Å². The maximum absolute atomic E-state index is 13.1. The number of benzene rings is 1. The average molecular weight is 390 g/mol. The van der Waals surface area contributed by atoms with Gasteiger partial charge in [-0.3, -0.25) is 9.36 Å². The lowest BCUT2D eigenvalue weighted by Crippen LogP contribution is -2.34. The Bertz CT molecular complexity index is 965. The Hall–Kier alpha value is -2.23. The molecule has 0 bridgehead atoms. The fourth-order valence-corrected chi connectivity index (χ4v) is 4.79. The van der Waals surface area contributed by atoms with Gasteiger partial charge in [0.2, 0.25) is 10.0 Å². The number of methoxy groups -OCH3 is 1. The summed E-state index contributed by atoms with van der Waals surface area (Å²) in [5.74, 6) is 0.286. The monoisotopic (exact) mass is 390 g/mol. The number of carbonyl (C=O) groups is 1. The van der Waals surface area contributed by atoms with Crippen LogP contribution in [0.15, 0.2) is 35.5 Å². The van der Waals surface area contributed by atoms with E-state index in [0.29, 0.717) is 23.8 Å². The summed E-state index contributed by atoms with van der Waals surface area (Å²) in [7, 11) is -2.19. The van der Waals surface area contributed by atoms with Gasteiger partial charge in [0.05, 0.1) is 24.5 Å². The summed E-state index contributed by atoms with van der Waals surface area (Å²) < 4.78 is 34.4. The number of sulfonamides is 1. The zero-order valence-corrected chi connectivity index (χ0v) is 15.9. The molecule has 0 atom stereocenters. The number of rotatable bonds is 6. The number of fused-ring (bicyclic) bond motifs is 3. The largest absolute Gasteiger partial charge is 0.383 e. The molecule has 144 valence electrons. The maximum Gasteiger partial charge on any atom is 0.271 e. The molecule has 27 heavy (non-hydrogen) atoms. The van der Waals surface area contributed by atoms with E-state index >= 15 is 0 Å². The molecule has 1 saturated carbocycles. The molecule has 2 heterocycles. The molecule has 0 unspecified atom stereocenters. The number of imidazole rings is 1. The van der Waals surface area contributed by atoms with Gasteiger partial charge in [0.25, 0.3) is 5.91 Å². The first-order chi connectivity index (χ1) is 13.0. The van der Waals surface area contributed by atoms with Crippen molar-refractivity contribution < 1.29 is 17.9 Å². The topological polar surface area (TPSA) is 93.5 Å². The molecule has 1 amide bonds. The highest BCUT2D eigenvalue weighted by Gasteiger charge is 2.34. The van der Waals surface area contributed by atoms with Crippen molar-refractivity contribution in [2.24, 2.45) is 5.92 Å². The zero-order chi connectivity index (χ0) is 19.0. The van der Waals surface area contributed by atoms with Crippen LogP contribution in [0.4, 0.5) is 0 Å². The second kappa shape index (κ2) is 7.06. The van der Waals surface area contributed by atoms with Crippen LogP contribution in [0.5, 0.6) is 0 Å². The summed E-state index contributed by atoms with van der Waals surface area (Å²) in [5, 5.41) is 2.91. The van der Waals surface area contributed by atoms with Crippen molar-refractivity contribution in [3.63, 3.8) is 0 Å². The van der Waals surface area contributed by atoms with E-state index < -0.39 is 10.0 Å². The normalized spacial score (nSPS) is 18.4. The van der Waals surface area contributed by atoms with Gasteiger partial charge in [-0.25, -0.2) is 13.4 Å². The molecule has 0 spiro atoms. The van der Waals surface area contributed by atoms with Crippen molar-refractivity contribution in [3.8, 4) is 5.69 Å². The number of hydrogen-bond acceptors (Lipinski definition) is 5. The van der Waals surface area contributed by atoms with Gasteiger partial charge in [0.1, 0.15) is 11.2 Å². The Kier molecular flexibility index (Phi) is 4.75. The quantitative estimate of drug-likeness (QED) is 0.799. The van der Waals surface area contributed by atoms with Gasteiger partial charge in [-0.05, 0) is 30.9 Å². The molecule has 1 aliphatic carbocycles. The van der Waals surface area contributed by atoms with Gasteiger partial charge < -0.3 is 10.1 Å². The Labute approximate surface area is 158 Å². The van der Waals surface area contributed by atoms with Crippen LogP contribution in [0.1, 0.15) is 29.0 Å². The van der Waals surface area contributed by atoms with Gasteiger partial charge >= 0.3 is 0 Å². The summed E-state index contributed by atoms with van der Waals surface area (Å²) in [4.78, 5) is 17.1. The van der Waals surface area contributed by atoms with Gasteiger partial charge in [0, 0.05) is 20.2 Å². The lowest BCUT2D eigenvalue weighted by atomic mass is 10.2. The van der Waals surface area contributed by atoms with E-state index in [0.717, 1.165) is 12.8 Å². The number of para-hydroxylation sites is 1. The van der Waals surface area contributed by atoms with E-state index in [1.54, 1.807) is 28.8 Å². The molecule has 1 aliphatic heterocycles. The van der Waals surface area contributed by atoms with Crippen LogP contribution in [-0.2, 0) is 21.3 Å². The summed E-state index contributed by atoms with van der Waals surface area (Å²) in [6.07, 6.45) is 3.80. The third-order valence-corrected chi connectivity index (χ3v) is 6.84. The molecule has 9 heteroatoms. The Morgan fingerprint density at radius 1 is 1.33 bits per heavy atom. The van der Waals surface area contributed by atoms with Crippen LogP contribution >= 0.6 is 0 Å². The van der Waals surface area contributed by atoms with Gasteiger partial charge in [-0.2, -0.15) is 4.31 Å². The van der Waals surface area contributed by atoms with Crippen LogP contribution in [0.2, 0.25) is 0 Å². The fourth-order valence-electron chi connectivity index (χ4n) is 3.22. The van der Waals surface area contributed by atoms with E-state index in [1.165, 1.54) is 17.7 Å². The Morgan fingerprint density at radius 3 is 2.85 bits per heavy atom. The molecule has 1 aromatic heterocycles. The second-order valence-corrected chi connectivity index (χ2v) is 8.77. The molecular weight excluding hydrogens is 368 g/mol. The predicted molar refractivity (Wildman–Crippen MR) is 98.1 cm³/mol. The van der Waals surface area contributed by atoms with Crippen molar-refractivity contribution in [3.05, 3.63) is 42.0 Å². The average Bonchev–Trinajstić information content (AvgIpc) is 3.41. The van der Waals surface area contributed by atoms with Crippen LogP contribution in [-0.4, -0.2) is 55.0 Å². The maximum atomic E-state index is 13.1. The highest BCUT2D eigenvalue weighted by molar-refractivity contribution is 7.89. The molecule has 2 aliphatic rings. The molecule has 0 saturated heterocycles. The third kappa shape index (κ3) is 3.38. The Balaban J connectivity index is 1.77. The molecule has 1 N–H and O–H groups in total. The van der Waals surface area contributed by atoms with Gasteiger partial charge in [-0.15, -0.1) is 0 Å². The van der Waals surface area contributed by atoms with E-state index in [2.05, 4.69) is 10.3 Å². The minimum atomic E-state index is -3.71. The summed E-state index contributed by atoms with van der Waals surface area (Å²) in [5.41, 5.74) is 1.33. The molecular formula is C18H22N4O4S. The highest BCUT2D eigenvalue weighted by Crippen LogP contribution is 2.31. The van der Waals surface area contributed by atoms with Crippen LogP contribution in [0, 0.1) is 5.92 Å². The SMILES string of the molecule is COCCN1Cc2c(C(=O)NCC3CC3)ncn2-c2ccccc2S1(=O)=O. The number of aromatic nitrogens is 2. The van der Waals surface area contributed by atoms with Crippen LogP contribution < -0.4 is 5.32 Å². The number of amides is 1. The van der Waals surface area contributed by atoms with Crippen molar-refractivity contribution in [1.82, 2.24) is 19.2 Å². The molecule has 8 nitrogen and oxygen atoms in total. The van der Waals surface area contributed by atoms with Crippen molar-refractivity contribution in [1.29, 1.82) is 0 Å². The smallest absolute Gasteiger partial charge is 0.271 e. The van der Waals surface area contributed by atoms with Gasteiger partial charge in [-0.1, -0.05) is 12.1 Å². The molecule has 2 aromatic rings. The molecule has 1 aromatic carbocycles. The zero-order valence-electron chi connectivity index (χ0n) is 15.1. The van der Waals surface area contributed by atoms with Crippen LogP contribution in [0.3, 0.4) is 0 Å². The minimum Gasteiger partial charge on any atom is -0.383 e. The number of hydrogen-bond donors (Lipinski definition) is 1. The van der Waals surface area contributed by atoms with E-state index in [1.807, 2.05) is 0 Å². The van der Waals surface area contributed by atoms with Crippen LogP contribution in [0.25, 0.3) is 5.69 Å². The van der Waals surface area contributed by atoms with E-state index in [9.17, 15) is 13.2 Å². The number of nitrogens with one attached hydrogen (secondary N) is 1. The third-order valence-electron chi connectivity index (χ3n) is 4.94. The molecule has 1 fully saturated rings. The minimum absolute atomic E-state index is 0.0621. The van der Waals surface area contributed by atoms with E-state index in [-0.39, 0.29) is 36.2 Å². The highest BCUT2D eigenvalue weighted by atomic mass is 32.2. The first kappa shape index (κ1) is 18.1. The summed E-state index contributed by atoms with van der Waals surface area (Å²) in [6.45, 7) is 1.15. The number of nitrogens with zero attached hydrogens (tertiary/aromatic N) is 3. The first-order valence-electron chi connectivity index (χ1n) is 8.95. The van der Waals surface area contributed by atoms with Crippen molar-refractivity contribution >= 4 is 15.9 Å². The summed E-state index contributed by atoms with van der Waals surface area (Å²) >= 11 is 0. The lowest BCUT2D eigenvalue weighted by molar-refractivity contribution is 0.0945. The Morgan fingerprint density at radius 2 is 2.11 bits per heavy atom. The first-order valence-corrected chi connectivity index (χ1v) is 10.4. The molecule has 4 rings (SSSR count). The van der Waals surface area contributed by atoms with Gasteiger partial charge in [0.15, 0.2) is 5.69 Å². The molecule has 0 radical (unpaired) electrons. The standard InChI is InChI=1S/C18H22N4O4S/c1-26-9-8-21-11-15-17(18(23)19-10-13-6-7-13)20-12-22(15)14-4-2-3-5-16(14)27(21,24)25/h2-5,12-13H,6-11H2,1H3,(H,19,23). The fraction of sp³-hybridized carbons (Fsp3) is 0.444. The predicted octanol–water partition coefficient (Wildman–Crippen LogP) is 1.16. The summed E-state index contributed by atoms with van der Waals surface area (Å²) in [6, 6.07) is 6.77. The second-order valence-electron chi connectivity index (χ2n) is 6.86. The van der Waals surface area contributed by atoms with Crippen molar-refractivity contribution in [2.75, 3.05) is 26.8 Å².